The first-order chi connectivity index (χ1) is 25.6. The summed E-state index contributed by atoms with van der Waals surface area (Å²) in [7, 11) is -0.651. The first kappa shape index (κ1) is 34.8. The Balaban J connectivity index is 1.15. The van der Waals surface area contributed by atoms with Crippen molar-refractivity contribution in [3.8, 4) is 11.4 Å². The van der Waals surface area contributed by atoms with E-state index in [0.29, 0.717) is 37.0 Å². The van der Waals surface area contributed by atoms with Crippen LogP contribution in [0.15, 0.2) is 108 Å². The highest BCUT2D eigenvalue weighted by atomic mass is 28.3. The van der Waals surface area contributed by atoms with Crippen LogP contribution < -0.4 is 20.4 Å². The summed E-state index contributed by atoms with van der Waals surface area (Å²) >= 11 is 0. The number of benzene rings is 4. The van der Waals surface area contributed by atoms with Gasteiger partial charge < -0.3 is 19.5 Å². The third-order valence-electron chi connectivity index (χ3n) is 11.4. The van der Waals surface area contributed by atoms with E-state index in [0.717, 1.165) is 33.8 Å². The van der Waals surface area contributed by atoms with Gasteiger partial charge in [-0.05, 0) is 60.0 Å². The molecule has 53 heavy (non-hydrogen) atoms. The van der Waals surface area contributed by atoms with Gasteiger partial charge in [0.15, 0.2) is 5.60 Å². The zero-order chi connectivity index (χ0) is 36.9. The first-order valence-corrected chi connectivity index (χ1v) is 21.3. The topological polar surface area (TPSA) is 127 Å². The molecular formula is C41H44N6O5Si. The molecule has 0 aliphatic carbocycles. The average molecular weight is 729 g/mol. The molecule has 0 bridgehead atoms. The van der Waals surface area contributed by atoms with E-state index in [1.165, 1.54) is 5.19 Å². The van der Waals surface area contributed by atoms with Crippen LogP contribution in [0.1, 0.15) is 30.2 Å². The number of H-pyrrole nitrogens is 1. The number of hydrogen-bond acceptors (Lipinski definition) is 7. The Hall–Kier alpha value is -5.30. The summed E-state index contributed by atoms with van der Waals surface area (Å²) in [5.74, 6) is 0.588. The molecule has 0 saturated carbocycles. The maximum Gasteiger partial charge on any atom is 0.279 e. The number of aliphatic hydroxyl groups is 1. The minimum absolute atomic E-state index is 0.0119. The molecular weight excluding hydrogens is 685 g/mol. The number of amides is 1. The molecule has 4 atom stereocenters. The normalized spacial score (nSPS) is 21.2. The zero-order valence-electron chi connectivity index (χ0n) is 30.4. The lowest BCUT2D eigenvalue weighted by Gasteiger charge is -2.37. The van der Waals surface area contributed by atoms with Gasteiger partial charge >= 0.3 is 0 Å². The number of methoxy groups -OCH3 is 1. The van der Waals surface area contributed by atoms with Crippen molar-refractivity contribution in [3.63, 3.8) is 0 Å². The fourth-order valence-electron chi connectivity index (χ4n) is 8.85. The molecule has 1 amide bonds. The number of para-hydroxylation sites is 2. The maximum atomic E-state index is 15.2. The van der Waals surface area contributed by atoms with Crippen molar-refractivity contribution in [3.05, 3.63) is 130 Å². The molecule has 2 aliphatic heterocycles. The van der Waals surface area contributed by atoms with Crippen LogP contribution in [-0.4, -0.2) is 63.7 Å². The van der Waals surface area contributed by atoms with Gasteiger partial charge in [-0.3, -0.25) is 19.4 Å². The lowest BCUT2D eigenvalue weighted by Crippen LogP contribution is -2.51. The number of nitrogens with zero attached hydrogens (tertiary/aromatic N) is 5. The average Bonchev–Trinajstić information content (AvgIpc) is 3.91. The van der Waals surface area contributed by atoms with Crippen molar-refractivity contribution in [2.75, 3.05) is 18.6 Å². The quantitative estimate of drug-likeness (QED) is 0.173. The number of aromatic amines is 1. The molecule has 2 aromatic heterocycles. The number of fused-ring (bicyclic) bond motifs is 3. The third-order valence-corrected chi connectivity index (χ3v) is 15.8. The van der Waals surface area contributed by atoms with E-state index in [4.69, 9.17) is 9.47 Å². The lowest BCUT2D eigenvalue weighted by atomic mass is 9.82. The van der Waals surface area contributed by atoms with Crippen LogP contribution in [0.2, 0.25) is 18.6 Å². The predicted molar refractivity (Wildman–Crippen MR) is 207 cm³/mol. The second-order valence-electron chi connectivity index (χ2n) is 14.8. The van der Waals surface area contributed by atoms with E-state index >= 15 is 4.79 Å². The van der Waals surface area contributed by atoms with Gasteiger partial charge in [-0.1, -0.05) is 85.0 Å². The predicted octanol–water partition coefficient (Wildman–Crippen LogP) is 5.31. The highest BCUT2D eigenvalue weighted by Crippen LogP contribution is 2.60. The molecule has 6 aromatic rings. The van der Waals surface area contributed by atoms with Gasteiger partial charge in [-0.2, -0.15) is 0 Å². The second-order valence-corrected chi connectivity index (χ2v) is 19.5. The molecule has 4 heterocycles. The van der Waals surface area contributed by atoms with Crippen LogP contribution in [0, 0.1) is 5.92 Å². The fraction of sp³-hybridized carbons (Fsp3) is 0.317. The highest BCUT2D eigenvalue weighted by Gasteiger charge is 2.66. The summed E-state index contributed by atoms with van der Waals surface area (Å²) in [6, 6.07) is 31.6. The summed E-state index contributed by atoms with van der Waals surface area (Å²) in [4.78, 5) is 30.3. The van der Waals surface area contributed by atoms with Crippen LogP contribution in [0.4, 0.5) is 5.69 Å². The van der Waals surface area contributed by atoms with Crippen molar-refractivity contribution >= 4 is 35.8 Å². The van der Waals surface area contributed by atoms with E-state index in [9.17, 15) is 9.90 Å². The Kier molecular flexibility index (Phi) is 8.92. The third kappa shape index (κ3) is 5.81. The van der Waals surface area contributed by atoms with Crippen LogP contribution in [0.5, 0.6) is 5.75 Å². The molecule has 1 spiro atoms. The number of nitrogens with one attached hydrogen (secondary N) is 1. The molecule has 1 saturated heterocycles. The van der Waals surface area contributed by atoms with Gasteiger partial charge in [0.2, 0.25) is 0 Å². The number of rotatable bonds is 11. The largest absolute Gasteiger partial charge is 0.497 e. The van der Waals surface area contributed by atoms with Crippen LogP contribution in [-0.2, 0) is 34.6 Å². The molecule has 272 valence electrons. The number of aliphatic hydroxyl groups excluding tert-OH is 1. The number of aryl methyl sites for hydroxylation is 1. The van der Waals surface area contributed by atoms with Crippen molar-refractivity contribution in [2.45, 2.75) is 63.2 Å². The number of carbonyl (C=O) groups is 1. The molecule has 8 rings (SSSR count). The molecule has 12 heteroatoms. The standard InChI is InChI=1S/C41H44N6O5Si/c1-27-38(53(3,4)32-18-16-31(51-2)17-19-32)37(20-22-45-26-29(21-23-48)42-44-45)52-41(27)34-13-6-8-15-36(34)46(40(41)50)25-28-10-9-11-30(24-28)47-39(49)33-12-5-7-14-35(33)43-47/h5-19,24,26-27,37-38,43,48H,20-23,25H2,1-4H3/t27-,37+,38-,41+/m0/s1. The Morgan fingerprint density at radius 1 is 0.981 bits per heavy atom. The minimum atomic E-state index is -2.32. The van der Waals surface area contributed by atoms with Gasteiger partial charge in [-0.25, -0.2) is 4.68 Å². The van der Waals surface area contributed by atoms with Gasteiger partial charge in [0, 0.05) is 37.3 Å². The molecule has 0 unspecified atom stereocenters. The molecule has 0 radical (unpaired) electrons. The van der Waals surface area contributed by atoms with E-state index in [2.05, 4.69) is 47.6 Å². The van der Waals surface area contributed by atoms with Gasteiger partial charge in [0.1, 0.15) is 5.75 Å². The fourth-order valence-corrected chi connectivity index (χ4v) is 12.9. The van der Waals surface area contributed by atoms with E-state index in [-0.39, 0.29) is 35.6 Å². The van der Waals surface area contributed by atoms with Gasteiger partial charge in [0.25, 0.3) is 11.5 Å². The molecule has 2 aliphatic rings. The molecule has 11 nitrogen and oxygen atoms in total. The van der Waals surface area contributed by atoms with Crippen molar-refractivity contribution in [1.82, 2.24) is 24.8 Å². The number of carbonyl (C=O) groups excluding carboxylic acids is 1. The van der Waals surface area contributed by atoms with Gasteiger partial charge in [-0.15, -0.1) is 5.10 Å². The van der Waals surface area contributed by atoms with Crippen molar-refractivity contribution in [1.29, 1.82) is 0 Å². The Labute approximate surface area is 308 Å². The van der Waals surface area contributed by atoms with E-state index < -0.39 is 13.7 Å². The molecule has 2 N–H and O–H groups in total. The van der Waals surface area contributed by atoms with Crippen LogP contribution in [0.25, 0.3) is 16.6 Å². The minimum Gasteiger partial charge on any atom is -0.497 e. The Morgan fingerprint density at radius 2 is 1.75 bits per heavy atom. The second kappa shape index (κ2) is 13.6. The lowest BCUT2D eigenvalue weighted by molar-refractivity contribution is -0.146. The number of aromatic nitrogens is 5. The summed E-state index contributed by atoms with van der Waals surface area (Å²) in [5.41, 5.74) is 3.59. The highest BCUT2D eigenvalue weighted by molar-refractivity contribution is 6.91. The summed E-state index contributed by atoms with van der Waals surface area (Å²) in [6.07, 6.45) is 2.72. The Morgan fingerprint density at radius 3 is 2.53 bits per heavy atom. The SMILES string of the molecule is COc1ccc([Si](C)(C)[C@@H]2[C@@H](CCn3cc(CCO)nn3)O[C@]3(C(=O)N(Cc4cccc(-n5[nH]c6ccccc6c5=O)c4)c4ccccc43)[C@H]2C)cc1. The van der Waals surface area contributed by atoms with Crippen molar-refractivity contribution < 1.29 is 19.4 Å². The number of anilines is 1. The van der Waals surface area contributed by atoms with Crippen LogP contribution in [0.3, 0.4) is 0 Å². The van der Waals surface area contributed by atoms with Gasteiger partial charge in [0.05, 0.1) is 55.8 Å². The van der Waals surface area contributed by atoms with E-state index in [1.807, 2.05) is 101 Å². The van der Waals surface area contributed by atoms with E-state index in [1.54, 1.807) is 11.8 Å². The maximum absolute atomic E-state index is 15.2. The first-order valence-electron chi connectivity index (χ1n) is 18.2. The molecule has 1 fully saturated rings. The monoisotopic (exact) mass is 728 g/mol. The summed E-state index contributed by atoms with van der Waals surface area (Å²) in [6.45, 7) is 7.84. The number of hydrogen-bond donors (Lipinski definition) is 2. The Bertz CT molecular complexity index is 2350. The molecule has 4 aromatic carbocycles. The van der Waals surface area contributed by atoms with Crippen LogP contribution >= 0.6 is 0 Å². The zero-order valence-corrected chi connectivity index (χ0v) is 31.4. The number of ether oxygens (including phenoxy) is 2. The summed E-state index contributed by atoms with van der Waals surface area (Å²) in [5, 5.41) is 23.1. The van der Waals surface area contributed by atoms with Crippen molar-refractivity contribution in [2.24, 2.45) is 5.92 Å². The smallest absolute Gasteiger partial charge is 0.279 e. The summed E-state index contributed by atoms with van der Waals surface area (Å²) < 4.78 is 16.1.